The third-order valence-corrected chi connectivity index (χ3v) is 30.8. The highest BCUT2D eigenvalue weighted by Gasteiger charge is 2.68. The Morgan fingerprint density at radius 1 is 0.676 bits per heavy atom. The molecular formula is C58H103NO7Si2. The number of carbonyl (C=O) groups is 1. The second-order valence-electron chi connectivity index (χ2n) is 26.8. The van der Waals surface area contributed by atoms with Gasteiger partial charge in [-0.2, -0.15) is 0 Å². The maximum Gasteiger partial charge on any atom is 0.192 e. The first-order chi connectivity index (χ1) is 29.5. The van der Waals surface area contributed by atoms with Crippen LogP contribution in [0.4, 0.5) is 0 Å². The molecule has 9 rings (SSSR count). The van der Waals surface area contributed by atoms with Gasteiger partial charge in [0, 0.05) is 17.6 Å². The number of rotatable bonds is 4. The maximum absolute atomic E-state index is 13.4. The van der Waals surface area contributed by atoms with E-state index < -0.39 is 28.8 Å². The average molecular weight is 983 g/mol. The van der Waals surface area contributed by atoms with E-state index in [0.29, 0.717) is 48.0 Å². The molecule has 10 heteroatoms. The number of aliphatic hydroxyl groups is 3. The van der Waals surface area contributed by atoms with Gasteiger partial charge in [0.05, 0.1) is 36.4 Å². The first kappa shape index (κ1) is 58.7. The third kappa shape index (κ3) is 8.84. The van der Waals surface area contributed by atoms with Crippen LogP contribution in [0, 0.1) is 69.0 Å². The summed E-state index contributed by atoms with van der Waals surface area (Å²) in [6.45, 7) is 41.9. The molecule has 8 aliphatic rings. The van der Waals surface area contributed by atoms with Crippen LogP contribution in [0.25, 0.3) is 0 Å². The fourth-order valence-electron chi connectivity index (χ4n) is 15.6. The summed E-state index contributed by atoms with van der Waals surface area (Å²) in [6, 6.07) is 0. The maximum atomic E-state index is 13.4. The standard InChI is InChI=1S/C33H58O4Si2.C21H29NO3.4CH4/c1-21-14-15-23-27-24(16-17-32(21,23)8)33(9)19-22(20-34)26(35)18-25(33)28(36-38(10,11)30(2,3)4)29(27)37-39(12,13)31(5,6)7;1-11-4-5-13-17-14(6-7-20(11,13)2)21(3)9-12-10-25-22-16(12)8-15(21)18(23)19(17)24;;;;/h20,23-25,27-29,34H,1,14-19H2,2-13H3;10,13-15,17-19,23-24H,1,4-9H2,2-3H3;4*1H4/b22-20+;;;;;/t23?,24?,25?,27?,28-,29?,32-,33-;13?,14?,15?,17?,18-,19-,20-,21-;;;;/m11..../s1. The largest absolute Gasteiger partial charge is 0.515 e. The Kier molecular flexibility index (Phi) is 16.6. The summed E-state index contributed by atoms with van der Waals surface area (Å²) in [6.07, 6.45) is 13.2. The first-order valence-corrected chi connectivity index (χ1v) is 31.2. The van der Waals surface area contributed by atoms with Gasteiger partial charge in [-0.3, -0.25) is 4.79 Å². The SMILES string of the molecule is C.C.C.C.C=C1CCC2C3C(CC[C@]12C)[C@@]1(C)Cc2conc2CC1[C@@H](O)[C@@H]3O.C=C1CCC2C3C(O[Si](C)(C)C(C)(C)C)[C@H](O[Si](C)(C)C(C)(C)C)C4CC(=O)/C(=C/O)C[C@]4(C)C3CC[C@]12C. The van der Waals surface area contributed by atoms with Crippen LogP contribution < -0.4 is 0 Å². The molecule has 0 spiro atoms. The van der Waals surface area contributed by atoms with Gasteiger partial charge in [-0.15, -0.1) is 0 Å². The summed E-state index contributed by atoms with van der Waals surface area (Å²) in [5.41, 5.74) is 5.73. The van der Waals surface area contributed by atoms with E-state index >= 15 is 0 Å². The topological polar surface area (TPSA) is 122 Å². The van der Waals surface area contributed by atoms with Gasteiger partial charge in [0.15, 0.2) is 22.4 Å². The van der Waals surface area contributed by atoms with Gasteiger partial charge in [-0.05, 0) is 176 Å². The second-order valence-corrected chi connectivity index (χ2v) is 36.3. The van der Waals surface area contributed by atoms with E-state index in [1.54, 1.807) is 6.26 Å². The van der Waals surface area contributed by atoms with Gasteiger partial charge < -0.3 is 28.7 Å². The predicted octanol–water partition coefficient (Wildman–Crippen LogP) is 14.9. The molecule has 8 aliphatic carbocycles. The van der Waals surface area contributed by atoms with Crippen LogP contribution in [-0.4, -0.2) is 67.3 Å². The molecule has 16 atom stereocenters. The van der Waals surface area contributed by atoms with Gasteiger partial charge in [-0.25, -0.2) is 0 Å². The Bertz CT molecular complexity index is 2040. The number of ketones is 1. The van der Waals surface area contributed by atoms with Crippen LogP contribution in [0.1, 0.15) is 174 Å². The monoisotopic (exact) mass is 982 g/mol. The number of hydrogen-bond donors (Lipinski definition) is 3. The molecule has 3 N–H and O–H groups in total. The van der Waals surface area contributed by atoms with Gasteiger partial charge in [0.1, 0.15) is 6.26 Å². The Balaban J connectivity index is 0.000000301. The Morgan fingerprint density at radius 3 is 1.65 bits per heavy atom. The number of hydrogen-bond acceptors (Lipinski definition) is 8. The molecule has 1 heterocycles. The molecule has 7 saturated carbocycles. The molecule has 0 saturated heterocycles. The summed E-state index contributed by atoms with van der Waals surface area (Å²) in [5.74, 6) is 2.63. The quantitative estimate of drug-likeness (QED) is 0.118. The van der Waals surface area contributed by atoms with Crippen molar-refractivity contribution in [3.8, 4) is 0 Å². The van der Waals surface area contributed by atoms with Crippen LogP contribution >= 0.6 is 0 Å². The summed E-state index contributed by atoms with van der Waals surface area (Å²) in [7, 11) is -4.35. The molecule has 0 radical (unpaired) electrons. The molecule has 0 bridgehead atoms. The lowest BCUT2D eigenvalue weighted by Crippen LogP contribution is -2.68. The smallest absolute Gasteiger partial charge is 0.192 e. The fourth-order valence-corrected chi connectivity index (χ4v) is 18.3. The lowest BCUT2D eigenvalue weighted by Gasteiger charge is -2.66. The number of carbonyl (C=O) groups excluding carboxylic acids is 1. The molecule has 8 nitrogen and oxygen atoms in total. The van der Waals surface area contributed by atoms with Crippen molar-refractivity contribution in [3.63, 3.8) is 0 Å². The highest BCUT2D eigenvalue weighted by atomic mass is 28.4. The van der Waals surface area contributed by atoms with Gasteiger partial charge in [0.2, 0.25) is 0 Å². The van der Waals surface area contributed by atoms with Crippen LogP contribution in [0.3, 0.4) is 0 Å². The third-order valence-electron chi connectivity index (χ3n) is 21.9. The first-order valence-electron chi connectivity index (χ1n) is 25.3. The van der Waals surface area contributed by atoms with Crippen molar-refractivity contribution in [2.24, 2.45) is 69.0 Å². The zero-order chi connectivity index (χ0) is 47.1. The fraction of sp³-hybridized carbons (Fsp3) is 0.828. The van der Waals surface area contributed by atoms with Crippen molar-refractivity contribution < 1.29 is 33.5 Å². The molecule has 0 amide bonds. The number of allylic oxidation sites excluding steroid dienone is 3. The molecule has 68 heavy (non-hydrogen) atoms. The van der Waals surface area contributed by atoms with Crippen LogP contribution in [0.5, 0.6) is 0 Å². The zero-order valence-corrected chi connectivity index (χ0v) is 44.4. The van der Waals surface area contributed by atoms with Crippen molar-refractivity contribution >= 4 is 22.4 Å². The highest BCUT2D eigenvalue weighted by Crippen LogP contribution is 2.70. The van der Waals surface area contributed by atoms with E-state index in [0.717, 1.165) is 63.3 Å². The van der Waals surface area contributed by atoms with Crippen LogP contribution in [0.15, 0.2) is 46.9 Å². The normalized spacial score (nSPS) is 42.4. The Hall–Kier alpha value is -1.83. The number of aliphatic hydroxyl groups excluding tert-OH is 3. The molecule has 9 unspecified atom stereocenters. The van der Waals surface area contributed by atoms with Crippen molar-refractivity contribution in [2.75, 3.05) is 0 Å². The Labute approximate surface area is 418 Å². The summed E-state index contributed by atoms with van der Waals surface area (Å²) in [4.78, 5) is 13.4. The van der Waals surface area contributed by atoms with Gasteiger partial charge in [-0.1, -0.05) is 128 Å². The lowest BCUT2D eigenvalue weighted by atomic mass is 9.43. The van der Waals surface area contributed by atoms with Crippen LogP contribution in [-0.2, 0) is 26.5 Å². The molecule has 0 aliphatic heterocycles. The molecule has 0 aromatic carbocycles. The molecule has 390 valence electrons. The zero-order valence-electron chi connectivity index (χ0n) is 42.4. The van der Waals surface area contributed by atoms with Crippen molar-refractivity contribution in [1.82, 2.24) is 5.16 Å². The lowest BCUT2D eigenvalue weighted by molar-refractivity contribution is -0.201. The minimum absolute atomic E-state index is 0. The summed E-state index contributed by atoms with van der Waals surface area (Å²) < 4.78 is 20.3. The molecule has 1 aromatic heterocycles. The van der Waals surface area contributed by atoms with E-state index in [9.17, 15) is 20.1 Å². The minimum Gasteiger partial charge on any atom is -0.515 e. The van der Waals surface area contributed by atoms with Crippen LogP contribution in [0.2, 0.25) is 36.3 Å². The van der Waals surface area contributed by atoms with E-state index in [4.69, 9.17) is 13.4 Å². The predicted molar refractivity (Wildman–Crippen MR) is 288 cm³/mol. The minimum atomic E-state index is -2.19. The average Bonchev–Trinajstić information content (AvgIpc) is 3.87. The van der Waals surface area contributed by atoms with Gasteiger partial charge in [0.25, 0.3) is 0 Å². The summed E-state index contributed by atoms with van der Waals surface area (Å²) in [5, 5.41) is 36.6. The molecule has 1 aromatic rings. The van der Waals surface area contributed by atoms with Crippen molar-refractivity contribution in [2.45, 2.75) is 237 Å². The Morgan fingerprint density at radius 2 is 1.15 bits per heavy atom. The number of fused-ring (bicyclic) bond motifs is 11. The summed E-state index contributed by atoms with van der Waals surface area (Å²) >= 11 is 0. The number of Topliss-reactive ketones (excluding diaryl/α,β-unsaturated/α-hetero) is 1. The second kappa shape index (κ2) is 19.2. The van der Waals surface area contributed by atoms with Crippen molar-refractivity contribution in [1.29, 1.82) is 0 Å². The number of aromatic nitrogens is 1. The molecule has 7 fully saturated rings. The van der Waals surface area contributed by atoms with E-state index in [1.165, 1.54) is 29.6 Å². The molecular weight excluding hydrogens is 879 g/mol. The van der Waals surface area contributed by atoms with Crippen molar-refractivity contribution in [3.05, 3.63) is 53.7 Å². The number of nitrogens with zero attached hydrogens (tertiary/aromatic N) is 1. The van der Waals surface area contributed by atoms with E-state index in [1.807, 2.05) is 0 Å². The highest BCUT2D eigenvalue weighted by molar-refractivity contribution is 6.74. The van der Waals surface area contributed by atoms with E-state index in [2.05, 4.69) is 114 Å². The van der Waals surface area contributed by atoms with Gasteiger partial charge >= 0.3 is 0 Å². The van der Waals surface area contributed by atoms with E-state index in [-0.39, 0.29) is 97.2 Å².